The largest absolute Gasteiger partial charge is 0.456 e. The molecule has 0 aliphatic carbocycles. The van der Waals surface area contributed by atoms with Gasteiger partial charge < -0.3 is 8.83 Å². The fourth-order valence-corrected chi connectivity index (χ4v) is 9.35. The molecule has 12 aromatic rings. The van der Waals surface area contributed by atoms with E-state index >= 15 is 0 Å². The van der Waals surface area contributed by atoms with E-state index in [0.717, 1.165) is 93.0 Å². The van der Waals surface area contributed by atoms with Crippen LogP contribution in [0, 0.1) is 0 Å². The average molecular weight is 721 g/mol. The maximum atomic E-state index is 7.23. The third-order valence-electron chi connectivity index (χ3n) is 10.9. The van der Waals surface area contributed by atoms with Gasteiger partial charge in [-0.3, -0.25) is 0 Å². The highest BCUT2D eigenvalue weighted by Crippen LogP contribution is 2.49. The predicted octanol–water partition coefficient (Wildman–Crippen LogP) is 14.4. The minimum Gasteiger partial charge on any atom is -0.456 e. The first-order valence-electron chi connectivity index (χ1n) is 18.4. The molecular weight excluding hydrogens is 693 g/mol. The molecule has 0 aliphatic rings. The van der Waals surface area contributed by atoms with Gasteiger partial charge in [0.25, 0.3) is 0 Å². The van der Waals surface area contributed by atoms with E-state index < -0.39 is 0 Å². The Hall–Kier alpha value is -7.08. The highest BCUT2D eigenvalue weighted by Gasteiger charge is 2.25. The number of hydrogen-bond acceptors (Lipinski definition) is 5. The van der Waals surface area contributed by atoms with Crippen molar-refractivity contribution in [1.29, 1.82) is 0 Å². The summed E-state index contributed by atoms with van der Waals surface area (Å²) in [6.45, 7) is 0. The van der Waals surface area contributed by atoms with E-state index in [0.29, 0.717) is 5.82 Å². The molecule has 0 amide bonds. The van der Waals surface area contributed by atoms with Crippen LogP contribution in [0.25, 0.3) is 120 Å². The second kappa shape index (κ2) is 11.7. The van der Waals surface area contributed by atoms with E-state index in [2.05, 4.69) is 158 Å². The first-order valence-corrected chi connectivity index (χ1v) is 19.2. The van der Waals surface area contributed by atoms with Crippen LogP contribution in [-0.4, -0.2) is 9.97 Å². The van der Waals surface area contributed by atoms with Crippen LogP contribution < -0.4 is 0 Å². The van der Waals surface area contributed by atoms with Crippen LogP contribution in [0.4, 0.5) is 0 Å². The van der Waals surface area contributed by atoms with Gasteiger partial charge in [0.15, 0.2) is 5.82 Å². The smallest absolute Gasteiger partial charge is 0.164 e. The number of fused-ring (bicyclic) bond motifs is 2. The van der Waals surface area contributed by atoms with Gasteiger partial charge in [0.1, 0.15) is 22.3 Å². The monoisotopic (exact) mass is 720 g/mol. The molecule has 0 saturated heterocycles. The maximum Gasteiger partial charge on any atom is 0.164 e. The summed E-state index contributed by atoms with van der Waals surface area (Å²) in [7, 11) is 0. The molecule has 0 atom stereocenters. The van der Waals surface area contributed by atoms with E-state index in [1.54, 1.807) is 11.3 Å². The van der Waals surface area contributed by atoms with Crippen molar-refractivity contribution in [1.82, 2.24) is 9.97 Å². The lowest BCUT2D eigenvalue weighted by Crippen LogP contribution is -1.96. The molecule has 0 radical (unpaired) electrons. The first kappa shape index (κ1) is 30.4. The van der Waals surface area contributed by atoms with Crippen molar-refractivity contribution in [3.8, 4) is 56.2 Å². The zero-order valence-corrected chi connectivity index (χ0v) is 30.1. The summed E-state index contributed by atoms with van der Waals surface area (Å²) in [5.74, 6) is 0.614. The molecule has 0 unspecified atom stereocenters. The molecule has 0 bridgehead atoms. The molecule has 4 nitrogen and oxygen atoms in total. The summed E-state index contributed by atoms with van der Waals surface area (Å²) in [6, 6.07) is 59.4. The van der Waals surface area contributed by atoms with Crippen molar-refractivity contribution < 1.29 is 8.83 Å². The molecule has 12 rings (SSSR count). The van der Waals surface area contributed by atoms with Gasteiger partial charge in [-0.05, 0) is 64.0 Å². The quantitative estimate of drug-likeness (QED) is 0.178. The number of furan rings is 1. The predicted molar refractivity (Wildman–Crippen MR) is 228 cm³/mol. The second-order valence-corrected chi connectivity index (χ2v) is 15.2. The number of thiophene rings is 1. The van der Waals surface area contributed by atoms with Gasteiger partial charge in [-0.1, -0.05) is 133 Å². The van der Waals surface area contributed by atoms with Crippen molar-refractivity contribution in [2.75, 3.05) is 0 Å². The molecule has 8 aromatic carbocycles. The zero-order valence-electron chi connectivity index (χ0n) is 29.3. The molecule has 0 saturated carbocycles. The van der Waals surface area contributed by atoms with Crippen molar-refractivity contribution in [2.24, 2.45) is 0 Å². The summed E-state index contributed by atoms with van der Waals surface area (Å²) in [4.78, 5) is 10.6. The normalized spacial score (nSPS) is 12.0. The Balaban J connectivity index is 1.07. The minimum atomic E-state index is 0.614. The zero-order chi connectivity index (χ0) is 36.0. The number of aromatic nitrogens is 2. The summed E-state index contributed by atoms with van der Waals surface area (Å²) in [5.41, 5.74) is 12.6. The summed E-state index contributed by atoms with van der Waals surface area (Å²) >= 11 is 1.78. The molecule has 0 aliphatic heterocycles. The van der Waals surface area contributed by atoms with Gasteiger partial charge in [-0.15, -0.1) is 11.3 Å². The lowest BCUT2D eigenvalue weighted by Gasteiger charge is -2.11. The van der Waals surface area contributed by atoms with Gasteiger partial charge in [0, 0.05) is 42.1 Å². The van der Waals surface area contributed by atoms with E-state index in [9.17, 15) is 0 Å². The van der Waals surface area contributed by atoms with E-state index in [4.69, 9.17) is 18.8 Å². The number of hydrogen-bond donors (Lipinski definition) is 0. The fourth-order valence-electron chi connectivity index (χ4n) is 8.24. The first-order chi connectivity index (χ1) is 27.2. The van der Waals surface area contributed by atoms with E-state index in [1.165, 1.54) is 21.4 Å². The molecule has 55 heavy (non-hydrogen) atoms. The second-order valence-electron chi connectivity index (χ2n) is 14.1. The van der Waals surface area contributed by atoms with E-state index in [-0.39, 0.29) is 0 Å². The van der Waals surface area contributed by atoms with Crippen LogP contribution in [-0.2, 0) is 0 Å². The topological polar surface area (TPSA) is 52.1 Å². The third-order valence-corrected chi connectivity index (χ3v) is 12.0. The van der Waals surface area contributed by atoms with Gasteiger partial charge >= 0.3 is 0 Å². The Bertz CT molecular complexity index is 3400. The summed E-state index contributed by atoms with van der Waals surface area (Å²) < 4.78 is 16.1. The van der Waals surface area contributed by atoms with Crippen molar-refractivity contribution in [3.05, 3.63) is 170 Å². The Morgan fingerprint density at radius 2 is 0.945 bits per heavy atom. The van der Waals surface area contributed by atoms with Crippen LogP contribution in [0.3, 0.4) is 0 Å². The molecular formula is C50H28N2O2S. The third kappa shape index (κ3) is 4.70. The minimum absolute atomic E-state index is 0.614. The van der Waals surface area contributed by atoms with Crippen LogP contribution in [0.15, 0.2) is 179 Å². The average Bonchev–Trinajstić information content (AvgIpc) is 3.77. The van der Waals surface area contributed by atoms with Crippen LogP contribution >= 0.6 is 11.3 Å². The summed E-state index contributed by atoms with van der Waals surface area (Å²) in [5, 5.41) is 6.46. The molecule has 0 N–H and O–H groups in total. The van der Waals surface area contributed by atoms with Crippen LogP contribution in [0.2, 0.25) is 0 Å². The van der Waals surface area contributed by atoms with Crippen LogP contribution in [0.1, 0.15) is 0 Å². The molecule has 4 aromatic heterocycles. The van der Waals surface area contributed by atoms with Crippen molar-refractivity contribution >= 4 is 75.4 Å². The SMILES string of the molecule is c1ccc(-c2ccc(-c3ccc(-c4cc(-c5ccccc5)nc(-c5ccc6sc7ccc8oc9cc%10ccccc%10c%10oc5c6c7c8c9%10)n4)cc3)cc2)cc1. The van der Waals surface area contributed by atoms with Gasteiger partial charge in [0.05, 0.1) is 22.3 Å². The fraction of sp³-hybridized carbons (Fsp3) is 0. The Kier molecular flexibility index (Phi) is 6.47. The van der Waals surface area contributed by atoms with Gasteiger partial charge in [0.2, 0.25) is 0 Å². The number of nitrogens with zero attached hydrogens (tertiary/aromatic N) is 2. The standard InChI is InChI=1S/C50H28N2O2S/c1-3-9-29(10-4-1)30-15-17-31(18-16-30)32-19-21-34(22-20-32)39-28-38(33-11-5-2-6-12-33)51-50(52-39)37-23-25-43-47-46-42(55-43)26-24-40-44(46)45-41(53-40)27-35-13-7-8-14-36(35)48(45)54-49(37)47/h1-28H. The molecule has 0 fully saturated rings. The molecule has 4 heterocycles. The highest BCUT2D eigenvalue weighted by atomic mass is 32.1. The number of rotatable bonds is 5. The molecule has 256 valence electrons. The number of benzene rings is 8. The Labute approximate surface area is 318 Å². The lowest BCUT2D eigenvalue weighted by atomic mass is 9.99. The Morgan fingerprint density at radius 3 is 1.65 bits per heavy atom. The van der Waals surface area contributed by atoms with E-state index in [1.807, 2.05) is 12.1 Å². The Morgan fingerprint density at radius 1 is 0.382 bits per heavy atom. The summed E-state index contributed by atoms with van der Waals surface area (Å²) in [6.07, 6.45) is 0. The van der Waals surface area contributed by atoms with Gasteiger partial charge in [-0.2, -0.15) is 0 Å². The van der Waals surface area contributed by atoms with Crippen molar-refractivity contribution in [3.63, 3.8) is 0 Å². The molecule has 0 spiro atoms. The maximum absolute atomic E-state index is 7.23. The van der Waals surface area contributed by atoms with Gasteiger partial charge in [-0.25, -0.2) is 9.97 Å². The lowest BCUT2D eigenvalue weighted by molar-refractivity contribution is 0.660. The van der Waals surface area contributed by atoms with Crippen molar-refractivity contribution in [2.45, 2.75) is 0 Å². The van der Waals surface area contributed by atoms with Crippen LogP contribution in [0.5, 0.6) is 0 Å². The molecule has 5 heteroatoms. The highest BCUT2D eigenvalue weighted by molar-refractivity contribution is 7.26.